The van der Waals surface area contributed by atoms with E-state index < -0.39 is 17.2 Å². The van der Waals surface area contributed by atoms with Crippen LogP contribution in [0.5, 0.6) is 17.4 Å². The highest BCUT2D eigenvalue weighted by atomic mass is 19.1. The normalized spacial score (nSPS) is 17.5. The van der Waals surface area contributed by atoms with E-state index in [0.29, 0.717) is 92.6 Å². The first kappa shape index (κ1) is 48.1. The summed E-state index contributed by atoms with van der Waals surface area (Å²) in [5.41, 5.74) is 6.18. The molecule has 0 unspecified atom stereocenters. The molecule has 0 spiro atoms. The number of piperidine rings is 1. The summed E-state index contributed by atoms with van der Waals surface area (Å²) in [6, 6.07) is 24.5. The molecule has 1 N–H and O–H groups in total. The molecular formula is C57H59F2N7O7. The van der Waals surface area contributed by atoms with Gasteiger partial charge in [0.1, 0.15) is 23.9 Å². The molecule has 3 aromatic heterocycles. The number of nitrogens with zero attached hydrogens (tertiary/aromatic N) is 7. The number of carbonyl (C=O) groups is 2. The Labute approximate surface area is 421 Å². The van der Waals surface area contributed by atoms with Crippen molar-refractivity contribution in [1.82, 2.24) is 33.7 Å². The van der Waals surface area contributed by atoms with Gasteiger partial charge in [0.15, 0.2) is 5.82 Å². The monoisotopic (exact) mass is 991 g/mol. The summed E-state index contributed by atoms with van der Waals surface area (Å²) < 4.78 is 52.2. The third-order valence-electron chi connectivity index (χ3n) is 15.3. The van der Waals surface area contributed by atoms with Crippen LogP contribution < -0.4 is 15.0 Å². The molecule has 1 atom stereocenters. The summed E-state index contributed by atoms with van der Waals surface area (Å²) in [7, 11) is 3.10. The van der Waals surface area contributed by atoms with Gasteiger partial charge >= 0.3 is 0 Å². The highest BCUT2D eigenvalue weighted by Gasteiger charge is 2.35. The van der Waals surface area contributed by atoms with Crippen LogP contribution in [0.15, 0.2) is 95.9 Å². The van der Waals surface area contributed by atoms with E-state index in [1.165, 1.54) is 48.1 Å². The number of likely N-dealkylation sites (tertiary alicyclic amines) is 1. The van der Waals surface area contributed by atoms with Gasteiger partial charge in [-0.05, 0) is 115 Å². The number of phenolic OH excluding ortho intramolecular Hbond substituents is 1. The van der Waals surface area contributed by atoms with Crippen LogP contribution in [0, 0.1) is 11.6 Å². The molecule has 2 fully saturated rings. The zero-order valence-corrected chi connectivity index (χ0v) is 41.2. The van der Waals surface area contributed by atoms with Crippen LogP contribution in [0.3, 0.4) is 0 Å². The fourth-order valence-electron chi connectivity index (χ4n) is 11.4. The molecule has 0 bridgehead atoms. The molecule has 2 amide bonds. The molecule has 378 valence electrons. The topological polar surface area (TPSA) is 135 Å². The number of fused-ring (bicyclic) bond motifs is 5. The molecule has 7 aromatic rings. The third kappa shape index (κ3) is 9.43. The van der Waals surface area contributed by atoms with E-state index in [4.69, 9.17) is 14.2 Å². The van der Waals surface area contributed by atoms with Crippen molar-refractivity contribution in [3.05, 3.63) is 146 Å². The Kier molecular flexibility index (Phi) is 13.5. The van der Waals surface area contributed by atoms with Crippen molar-refractivity contribution in [3.8, 4) is 34.3 Å². The zero-order chi connectivity index (χ0) is 50.3. The molecular weight excluding hydrogens is 933 g/mol. The Balaban J connectivity index is 0.981. The van der Waals surface area contributed by atoms with Crippen molar-refractivity contribution < 1.29 is 37.7 Å². The van der Waals surface area contributed by atoms with E-state index >= 15 is 13.6 Å². The molecule has 14 nitrogen and oxygen atoms in total. The van der Waals surface area contributed by atoms with E-state index in [9.17, 15) is 14.7 Å². The molecule has 4 aliphatic rings. The molecule has 16 heteroatoms. The predicted octanol–water partition coefficient (Wildman–Crippen LogP) is 7.43. The van der Waals surface area contributed by atoms with E-state index in [2.05, 4.69) is 26.9 Å². The van der Waals surface area contributed by atoms with E-state index in [0.717, 1.165) is 55.7 Å². The SMILES string of the molecule is COc1ncc2c(c1F)c1c(cc(-c3cc4c(cc3C(=O)N3Cc5ccccc5C[C@H]3CN3CCCCC3)CN(C(=O)Cc3ccc(OCCN5CCOCC5)cc3F)CC4)n1C)c(=O)n2-c1ccc(O)cc1. The largest absolute Gasteiger partial charge is 0.508 e. The lowest BCUT2D eigenvalue weighted by molar-refractivity contribution is -0.131. The highest BCUT2D eigenvalue weighted by molar-refractivity contribution is 6.09. The van der Waals surface area contributed by atoms with Gasteiger partial charge in [0.2, 0.25) is 5.91 Å². The van der Waals surface area contributed by atoms with Crippen molar-refractivity contribution in [2.24, 2.45) is 7.05 Å². The number of hydrogen-bond donors (Lipinski definition) is 1. The van der Waals surface area contributed by atoms with Gasteiger partial charge in [0.25, 0.3) is 17.3 Å². The fraction of sp³-hybridized carbons (Fsp3) is 0.368. The highest BCUT2D eigenvalue weighted by Crippen LogP contribution is 2.39. The Morgan fingerprint density at radius 1 is 0.849 bits per heavy atom. The smallest absolute Gasteiger partial charge is 0.265 e. The van der Waals surface area contributed by atoms with Gasteiger partial charge in [-0.1, -0.05) is 36.8 Å². The third-order valence-corrected chi connectivity index (χ3v) is 15.3. The second kappa shape index (κ2) is 20.4. The molecule has 7 heterocycles. The minimum absolute atomic E-state index is 0.00278. The van der Waals surface area contributed by atoms with Crippen LogP contribution in [0.1, 0.15) is 57.4 Å². The quantitative estimate of drug-likeness (QED) is 0.132. The lowest BCUT2D eigenvalue weighted by Gasteiger charge is -2.41. The number of benzene rings is 4. The van der Waals surface area contributed by atoms with Gasteiger partial charge in [-0.3, -0.25) is 23.9 Å². The Hall–Kier alpha value is -7.14. The minimum atomic E-state index is -0.757. The van der Waals surface area contributed by atoms with E-state index in [-0.39, 0.29) is 64.3 Å². The fourth-order valence-corrected chi connectivity index (χ4v) is 11.4. The van der Waals surface area contributed by atoms with Crippen LogP contribution in [0.4, 0.5) is 8.78 Å². The number of methoxy groups -OCH3 is 1. The number of rotatable bonds is 12. The van der Waals surface area contributed by atoms with Gasteiger partial charge in [0.05, 0.1) is 54.7 Å². The molecule has 73 heavy (non-hydrogen) atoms. The summed E-state index contributed by atoms with van der Waals surface area (Å²) in [5.74, 6) is -1.54. The van der Waals surface area contributed by atoms with Crippen LogP contribution in [-0.2, 0) is 48.9 Å². The Morgan fingerprint density at radius 3 is 2.40 bits per heavy atom. The van der Waals surface area contributed by atoms with Crippen LogP contribution in [-0.4, -0.2) is 129 Å². The maximum atomic E-state index is 16.8. The van der Waals surface area contributed by atoms with Crippen molar-refractivity contribution in [2.75, 3.05) is 72.7 Å². The minimum Gasteiger partial charge on any atom is -0.508 e. The standard InChI is InChI=1S/C57H59F2N7O7/c1-61-49(31-47-54(61)52-50(32-60-55(71-2)53(52)59)66(57(47)70)41-11-13-43(67)14-12-41)45-27-37-16-19-64(51(68)29-38-10-15-44(30-48(38)58)73-25-22-62-20-23-72-24-21-62)33-40(37)28-46(45)56(69)65-34-39-9-5-4-8-36(39)26-42(65)35-63-17-6-3-7-18-63/h4-5,8-15,27-28,30-32,42,67H,3,6-7,16-26,29,33-35H2,1-2H3/t42-/m0/s1. The lowest BCUT2D eigenvalue weighted by atomic mass is 9.89. The zero-order valence-electron chi connectivity index (χ0n) is 41.2. The molecule has 0 saturated carbocycles. The second-order valence-corrected chi connectivity index (χ2v) is 19.7. The van der Waals surface area contributed by atoms with Gasteiger partial charge < -0.3 is 38.6 Å². The maximum Gasteiger partial charge on any atom is 0.265 e. The van der Waals surface area contributed by atoms with Crippen molar-refractivity contribution >= 4 is 33.6 Å². The number of ether oxygens (including phenoxy) is 3. The number of aryl methyl sites for hydroxylation is 1. The maximum absolute atomic E-state index is 16.8. The Morgan fingerprint density at radius 2 is 1.63 bits per heavy atom. The number of hydrogen-bond acceptors (Lipinski definition) is 10. The van der Waals surface area contributed by atoms with Crippen molar-refractivity contribution in [3.63, 3.8) is 0 Å². The molecule has 0 radical (unpaired) electrons. The summed E-state index contributed by atoms with van der Waals surface area (Å²) in [4.78, 5) is 57.4. The summed E-state index contributed by atoms with van der Waals surface area (Å²) in [6.07, 6.45) is 5.80. The predicted molar refractivity (Wildman–Crippen MR) is 274 cm³/mol. The first-order valence-corrected chi connectivity index (χ1v) is 25.3. The molecule has 4 aliphatic heterocycles. The summed E-state index contributed by atoms with van der Waals surface area (Å²) in [6.45, 7) is 7.75. The van der Waals surface area contributed by atoms with E-state index in [1.54, 1.807) is 46.8 Å². The van der Waals surface area contributed by atoms with Gasteiger partial charge in [-0.2, -0.15) is 0 Å². The van der Waals surface area contributed by atoms with Crippen LogP contribution >= 0.6 is 0 Å². The number of halogens is 2. The molecule has 2 saturated heterocycles. The van der Waals surface area contributed by atoms with Gasteiger partial charge in [-0.25, -0.2) is 13.8 Å². The lowest BCUT2D eigenvalue weighted by Crippen LogP contribution is -2.51. The number of phenols is 1. The second-order valence-electron chi connectivity index (χ2n) is 19.7. The Bertz CT molecular complexity index is 3310. The number of aromatic hydroxyl groups is 1. The summed E-state index contributed by atoms with van der Waals surface area (Å²) in [5, 5.41) is 10.4. The summed E-state index contributed by atoms with van der Waals surface area (Å²) >= 11 is 0. The average molecular weight is 992 g/mol. The number of pyridine rings is 2. The van der Waals surface area contributed by atoms with Crippen LogP contribution in [0.25, 0.3) is 38.8 Å². The van der Waals surface area contributed by atoms with Crippen molar-refractivity contribution in [1.29, 1.82) is 0 Å². The van der Waals surface area contributed by atoms with Gasteiger partial charge in [-0.15, -0.1) is 0 Å². The number of aromatic nitrogens is 3. The van der Waals surface area contributed by atoms with E-state index in [1.807, 2.05) is 29.2 Å². The molecule has 0 aliphatic carbocycles. The number of morpholine rings is 1. The number of carbonyl (C=O) groups excluding carboxylic acids is 2. The van der Waals surface area contributed by atoms with Gasteiger partial charge in [0, 0.05) is 87.5 Å². The van der Waals surface area contributed by atoms with Crippen LogP contribution in [0.2, 0.25) is 0 Å². The number of amides is 2. The molecule has 11 rings (SSSR count). The first-order chi connectivity index (χ1) is 35.5. The van der Waals surface area contributed by atoms with Crippen molar-refractivity contribution in [2.45, 2.75) is 57.7 Å². The first-order valence-electron chi connectivity index (χ1n) is 25.3. The molecule has 4 aromatic carbocycles. The average Bonchev–Trinajstić information content (AvgIpc) is 3.76.